The summed E-state index contributed by atoms with van der Waals surface area (Å²) in [4.78, 5) is 29.6. The van der Waals surface area contributed by atoms with Gasteiger partial charge in [-0.05, 0) is 51.9 Å². The van der Waals surface area contributed by atoms with Crippen molar-refractivity contribution in [1.29, 1.82) is 0 Å². The highest BCUT2D eigenvalue weighted by atomic mass is 16.2. The largest absolute Gasteiger partial charge is 0.356 e. The van der Waals surface area contributed by atoms with E-state index in [0.717, 1.165) is 67.0 Å². The van der Waals surface area contributed by atoms with Gasteiger partial charge in [0.1, 0.15) is 12.1 Å². The zero-order chi connectivity index (χ0) is 20.0. The predicted molar refractivity (Wildman–Crippen MR) is 115 cm³/mol. The van der Waals surface area contributed by atoms with Gasteiger partial charge >= 0.3 is 0 Å². The molecule has 0 radical (unpaired) electrons. The Morgan fingerprint density at radius 1 is 1.07 bits per heavy atom. The molecule has 0 N–H and O–H groups in total. The number of hydrogen-bond acceptors (Lipinski definition) is 5. The number of carbonyl (C=O) groups excluding carboxylic acids is 1. The molecule has 0 aromatic carbocycles. The summed E-state index contributed by atoms with van der Waals surface area (Å²) in [6, 6.07) is 6.55. The minimum atomic E-state index is 0.108. The monoisotopic (exact) mass is 392 g/mol. The molecule has 3 aromatic heterocycles. The van der Waals surface area contributed by atoms with E-state index < -0.39 is 0 Å². The van der Waals surface area contributed by atoms with E-state index in [1.54, 1.807) is 6.33 Å². The van der Waals surface area contributed by atoms with Crippen LogP contribution in [0.3, 0.4) is 0 Å². The van der Waals surface area contributed by atoms with Crippen LogP contribution in [0.2, 0.25) is 0 Å². The van der Waals surface area contributed by atoms with Crippen molar-refractivity contribution in [3.8, 4) is 0 Å². The van der Waals surface area contributed by atoms with Crippen LogP contribution in [0.1, 0.15) is 36.0 Å². The molecule has 7 nitrogen and oxygen atoms in total. The average molecular weight is 393 g/mol. The standard InChI is InChI=1S/C22H28N6O/c1-25(2)16-8-13-27(14-9-16)22(29)18-17-7-3-4-12-28(17)21-19(18)20(23-15-24-21)26-10-5-6-11-26/h3-4,7,12,15-16H,5-6,8-11,13-14H2,1-2H3. The van der Waals surface area contributed by atoms with E-state index in [2.05, 4.69) is 33.9 Å². The Kier molecular flexibility index (Phi) is 4.62. The van der Waals surface area contributed by atoms with Crippen LogP contribution in [-0.4, -0.2) is 76.4 Å². The molecule has 0 saturated carbocycles. The van der Waals surface area contributed by atoms with Crippen molar-refractivity contribution in [2.75, 3.05) is 45.2 Å². The Morgan fingerprint density at radius 3 is 2.55 bits per heavy atom. The fourth-order valence-electron chi connectivity index (χ4n) is 4.86. The van der Waals surface area contributed by atoms with Crippen LogP contribution in [0.4, 0.5) is 5.82 Å². The van der Waals surface area contributed by atoms with Crippen LogP contribution in [0.5, 0.6) is 0 Å². The number of carbonyl (C=O) groups is 1. The molecule has 0 aliphatic carbocycles. The number of likely N-dealkylation sites (tertiary alicyclic amines) is 1. The third kappa shape index (κ3) is 3.04. The second kappa shape index (κ2) is 7.30. The Labute approximate surface area is 170 Å². The topological polar surface area (TPSA) is 57.0 Å². The maximum Gasteiger partial charge on any atom is 0.256 e. The number of aromatic nitrogens is 3. The molecule has 2 aliphatic rings. The SMILES string of the molecule is CN(C)C1CCN(C(=O)c2c3c(N4CCCC4)ncnc3n3ccccc23)CC1. The third-order valence-electron chi connectivity index (χ3n) is 6.50. The van der Waals surface area contributed by atoms with Crippen molar-refractivity contribution in [1.82, 2.24) is 24.2 Å². The van der Waals surface area contributed by atoms with Crippen LogP contribution in [0, 0.1) is 0 Å². The predicted octanol–water partition coefficient (Wildman–Crippen LogP) is 2.65. The molecule has 7 heteroatoms. The molecule has 2 aliphatic heterocycles. The van der Waals surface area contributed by atoms with Crippen molar-refractivity contribution in [2.45, 2.75) is 31.7 Å². The smallest absolute Gasteiger partial charge is 0.256 e. The first kappa shape index (κ1) is 18.4. The molecule has 1 amide bonds. The summed E-state index contributed by atoms with van der Waals surface area (Å²) in [7, 11) is 4.24. The van der Waals surface area contributed by atoms with Crippen molar-refractivity contribution in [2.24, 2.45) is 0 Å². The van der Waals surface area contributed by atoms with Gasteiger partial charge in [-0.2, -0.15) is 0 Å². The minimum Gasteiger partial charge on any atom is -0.356 e. The Balaban J connectivity index is 1.62. The zero-order valence-corrected chi connectivity index (χ0v) is 17.2. The number of fused-ring (bicyclic) bond motifs is 3. The first-order valence-electron chi connectivity index (χ1n) is 10.6. The maximum atomic E-state index is 13.8. The summed E-state index contributed by atoms with van der Waals surface area (Å²) < 4.78 is 2.04. The third-order valence-corrected chi connectivity index (χ3v) is 6.50. The molecule has 5 heterocycles. The molecule has 0 spiro atoms. The van der Waals surface area contributed by atoms with E-state index in [9.17, 15) is 4.79 Å². The first-order valence-corrected chi connectivity index (χ1v) is 10.6. The Morgan fingerprint density at radius 2 is 1.83 bits per heavy atom. The summed E-state index contributed by atoms with van der Waals surface area (Å²) in [6.45, 7) is 3.56. The quantitative estimate of drug-likeness (QED) is 0.686. The van der Waals surface area contributed by atoms with Gasteiger partial charge in [-0.1, -0.05) is 6.07 Å². The second-order valence-corrected chi connectivity index (χ2v) is 8.41. The summed E-state index contributed by atoms with van der Waals surface area (Å²) in [6.07, 6.45) is 7.98. The number of pyridine rings is 1. The Bertz CT molecular complexity index is 1040. The molecule has 29 heavy (non-hydrogen) atoms. The lowest BCUT2D eigenvalue weighted by Crippen LogP contribution is -2.44. The van der Waals surface area contributed by atoms with E-state index in [4.69, 9.17) is 0 Å². The van der Waals surface area contributed by atoms with Crippen LogP contribution < -0.4 is 4.90 Å². The van der Waals surface area contributed by atoms with Crippen molar-refractivity contribution in [3.63, 3.8) is 0 Å². The summed E-state index contributed by atoms with van der Waals surface area (Å²) in [5.74, 6) is 1.01. The van der Waals surface area contributed by atoms with Gasteiger partial charge in [-0.25, -0.2) is 9.97 Å². The number of amides is 1. The molecule has 0 bridgehead atoms. The van der Waals surface area contributed by atoms with Gasteiger partial charge < -0.3 is 19.1 Å². The highest BCUT2D eigenvalue weighted by Gasteiger charge is 2.31. The van der Waals surface area contributed by atoms with Gasteiger partial charge in [0.05, 0.1) is 16.5 Å². The van der Waals surface area contributed by atoms with Crippen LogP contribution in [0.25, 0.3) is 16.6 Å². The number of rotatable bonds is 3. The van der Waals surface area contributed by atoms with E-state index >= 15 is 0 Å². The van der Waals surface area contributed by atoms with Crippen molar-refractivity contribution >= 4 is 28.3 Å². The lowest BCUT2D eigenvalue weighted by molar-refractivity contribution is 0.0667. The molecule has 0 unspecified atom stereocenters. The fourth-order valence-corrected chi connectivity index (χ4v) is 4.86. The van der Waals surface area contributed by atoms with Crippen molar-refractivity contribution in [3.05, 3.63) is 36.3 Å². The fraction of sp³-hybridized carbons (Fsp3) is 0.500. The van der Waals surface area contributed by atoms with E-state index in [-0.39, 0.29) is 5.91 Å². The van der Waals surface area contributed by atoms with Crippen molar-refractivity contribution < 1.29 is 4.79 Å². The zero-order valence-electron chi connectivity index (χ0n) is 17.2. The van der Waals surface area contributed by atoms with Gasteiger partial charge in [0.15, 0.2) is 5.65 Å². The van der Waals surface area contributed by atoms with Gasteiger partial charge in [-0.15, -0.1) is 0 Å². The van der Waals surface area contributed by atoms with Gasteiger partial charge in [-0.3, -0.25) is 4.79 Å². The Hall–Kier alpha value is -2.67. The summed E-state index contributed by atoms with van der Waals surface area (Å²) in [5, 5.41) is 0.903. The molecular formula is C22H28N6O. The van der Waals surface area contributed by atoms with E-state index in [0.29, 0.717) is 6.04 Å². The average Bonchev–Trinajstić information content (AvgIpc) is 3.40. The molecule has 2 fully saturated rings. The molecule has 152 valence electrons. The van der Waals surface area contributed by atoms with Crippen LogP contribution in [0.15, 0.2) is 30.7 Å². The van der Waals surface area contributed by atoms with Gasteiger partial charge in [0.2, 0.25) is 0 Å². The molecular weight excluding hydrogens is 364 g/mol. The lowest BCUT2D eigenvalue weighted by atomic mass is 10.0. The number of nitrogens with zero attached hydrogens (tertiary/aromatic N) is 6. The highest BCUT2D eigenvalue weighted by Crippen LogP contribution is 2.34. The van der Waals surface area contributed by atoms with Gasteiger partial charge in [0, 0.05) is 38.4 Å². The van der Waals surface area contributed by atoms with Crippen LogP contribution >= 0.6 is 0 Å². The van der Waals surface area contributed by atoms with E-state index in [1.807, 2.05) is 33.7 Å². The van der Waals surface area contributed by atoms with Gasteiger partial charge in [0.25, 0.3) is 5.91 Å². The summed E-state index contributed by atoms with van der Waals surface area (Å²) in [5.41, 5.74) is 2.50. The molecule has 5 rings (SSSR count). The summed E-state index contributed by atoms with van der Waals surface area (Å²) >= 11 is 0. The second-order valence-electron chi connectivity index (χ2n) is 8.41. The number of anilines is 1. The number of hydrogen-bond donors (Lipinski definition) is 0. The molecule has 3 aromatic rings. The first-order chi connectivity index (χ1) is 14.1. The molecule has 0 atom stereocenters. The maximum absolute atomic E-state index is 13.8. The normalized spacial score (nSPS) is 18.4. The van der Waals surface area contributed by atoms with E-state index in [1.165, 1.54) is 12.8 Å². The van der Waals surface area contributed by atoms with Crippen LogP contribution in [-0.2, 0) is 0 Å². The lowest BCUT2D eigenvalue weighted by Gasteiger charge is -2.35. The molecule has 2 saturated heterocycles. The number of piperidine rings is 1. The highest BCUT2D eigenvalue weighted by molar-refractivity contribution is 6.16. The minimum absolute atomic E-state index is 0.108.